The molecular formula is C22H18BF2N3O4. The van der Waals surface area contributed by atoms with Gasteiger partial charge in [-0.1, -0.05) is 30.3 Å². The van der Waals surface area contributed by atoms with E-state index in [-0.39, 0.29) is 25.7 Å². The molecule has 3 heterocycles. The molecule has 2 aliphatic rings. The zero-order valence-corrected chi connectivity index (χ0v) is 16.9. The summed E-state index contributed by atoms with van der Waals surface area (Å²) in [6.07, 6.45) is 5.08. The Kier molecular flexibility index (Phi) is 6.11. The van der Waals surface area contributed by atoms with Gasteiger partial charge in [0.2, 0.25) is 0 Å². The van der Waals surface area contributed by atoms with Crippen molar-refractivity contribution < 1.29 is 27.9 Å². The fourth-order valence-corrected chi connectivity index (χ4v) is 3.47. The molecule has 0 N–H and O–H groups in total. The van der Waals surface area contributed by atoms with Gasteiger partial charge in [-0.25, -0.2) is 4.79 Å². The third-order valence-corrected chi connectivity index (χ3v) is 5.01. The Morgan fingerprint density at radius 1 is 1.06 bits per heavy atom. The first kappa shape index (κ1) is 21.4. The van der Waals surface area contributed by atoms with Gasteiger partial charge in [0.05, 0.1) is 12.1 Å². The molecule has 1 aromatic carbocycles. The van der Waals surface area contributed by atoms with Gasteiger partial charge in [0, 0.05) is 36.4 Å². The maximum Gasteiger partial charge on any atom is 0.678 e. The summed E-state index contributed by atoms with van der Waals surface area (Å²) < 4.78 is 28.5. The van der Waals surface area contributed by atoms with Crippen molar-refractivity contribution >= 4 is 37.0 Å². The number of carbonyl (C=O) groups excluding carboxylic acids is 3. The maximum absolute atomic E-state index is 13.8. The van der Waals surface area contributed by atoms with Crippen LogP contribution in [0, 0.1) is 0 Å². The molecular weight excluding hydrogens is 419 g/mol. The largest absolute Gasteiger partial charge is 0.678 e. The number of aromatic nitrogens is 1. The molecule has 0 atom stereocenters. The van der Waals surface area contributed by atoms with Gasteiger partial charge in [-0.05, 0) is 35.9 Å². The highest BCUT2D eigenvalue weighted by Gasteiger charge is 2.32. The number of hydroxylamine groups is 2. The first-order chi connectivity index (χ1) is 15.4. The van der Waals surface area contributed by atoms with E-state index in [0.29, 0.717) is 33.4 Å². The molecule has 0 spiro atoms. The molecule has 2 aliphatic heterocycles. The van der Waals surface area contributed by atoms with E-state index in [0.717, 1.165) is 4.48 Å². The van der Waals surface area contributed by atoms with Crippen molar-refractivity contribution in [3.8, 4) is 11.3 Å². The van der Waals surface area contributed by atoms with Gasteiger partial charge in [-0.15, -0.1) is 5.06 Å². The van der Waals surface area contributed by atoms with E-state index in [1.54, 1.807) is 54.6 Å². The molecule has 2 aromatic rings. The Morgan fingerprint density at radius 2 is 1.78 bits per heavy atom. The SMILES string of the molecule is O=C(CCC1=N/C(=C\c2ccc(-c3ccccc3)n2B(F)F)C=C1)ON1C(=O)CCC1=O. The number of hydrogen-bond donors (Lipinski definition) is 0. The third-order valence-electron chi connectivity index (χ3n) is 5.01. The quantitative estimate of drug-likeness (QED) is 0.489. The van der Waals surface area contributed by atoms with Gasteiger partial charge < -0.3 is 9.32 Å². The minimum atomic E-state index is -2.73. The van der Waals surface area contributed by atoms with Crippen LogP contribution in [0.2, 0.25) is 0 Å². The Hall–Kier alpha value is -3.82. The molecule has 2 amide bonds. The minimum absolute atomic E-state index is 0.0298. The van der Waals surface area contributed by atoms with Crippen molar-refractivity contribution in [2.75, 3.05) is 0 Å². The predicted molar refractivity (Wildman–Crippen MR) is 114 cm³/mol. The molecule has 1 aromatic heterocycles. The number of aliphatic imine (C=N–C) groups is 1. The van der Waals surface area contributed by atoms with E-state index in [1.807, 2.05) is 6.07 Å². The van der Waals surface area contributed by atoms with Crippen LogP contribution in [-0.4, -0.2) is 40.4 Å². The Bertz CT molecular complexity index is 1140. The summed E-state index contributed by atoms with van der Waals surface area (Å²) in [4.78, 5) is 44.1. The highest BCUT2D eigenvalue weighted by atomic mass is 19.2. The van der Waals surface area contributed by atoms with Crippen molar-refractivity contribution in [1.29, 1.82) is 0 Å². The number of rotatable bonds is 7. The lowest BCUT2D eigenvalue weighted by atomic mass is 10.1. The van der Waals surface area contributed by atoms with E-state index in [2.05, 4.69) is 4.99 Å². The average molecular weight is 437 g/mol. The van der Waals surface area contributed by atoms with Gasteiger partial charge in [-0.3, -0.25) is 23.2 Å². The van der Waals surface area contributed by atoms with Crippen LogP contribution < -0.4 is 0 Å². The van der Waals surface area contributed by atoms with Crippen LogP contribution in [-0.2, 0) is 19.2 Å². The average Bonchev–Trinajstić information content (AvgIpc) is 3.49. The summed E-state index contributed by atoms with van der Waals surface area (Å²) in [5.41, 5.74) is 2.40. The number of benzene rings is 1. The van der Waals surface area contributed by atoms with Gasteiger partial charge in [0.1, 0.15) is 0 Å². The van der Waals surface area contributed by atoms with E-state index in [1.165, 1.54) is 0 Å². The molecule has 0 bridgehead atoms. The molecule has 0 unspecified atom stereocenters. The number of halogens is 2. The number of carbonyl (C=O) groups is 3. The summed E-state index contributed by atoms with van der Waals surface area (Å²) in [5.74, 6) is -1.80. The van der Waals surface area contributed by atoms with Crippen molar-refractivity contribution in [2.24, 2.45) is 4.99 Å². The Balaban J connectivity index is 1.43. The molecule has 0 radical (unpaired) electrons. The number of nitrogens with zero attached hydrogens (tertiary/aromatic N) is 3. The van der Waals surface area contributed by atoms with Gasteiger partial charge in [0.15, 0.2) is 0 Å². The Labute approximate surface area is 182 Å². The smallest absolute Gasteiger partial charge is 0.330 e. The van der Waals surface area contributed by atoms with Crippen LogP contribution in [0.3, 0.4) is 0 Å². The lowest BCUT2D eigenvalue weighted by Crippen LogP contribution is -2.32. The number of amides is 2. The van der Waals surface area contributed by atoms with Crippen molar-refractivity contribution in [3.05, 3.63) is 66.0 Å². The lowest BCUT2D eigenvalue weighted by Gasteiger charge is -2.12. The van der Waals surface area contributed by atoms with Gasteiger partial charge in [-0.2, -0.15) is 0 Å². The fraction of sp³-hybridized carbons (Fsp3) is 0.182. The number of hydrogen-bond acceptors (Lipinski definition) is 5. The van der Waals surface area contributed by atoms with Crippen molar-refractivity contribution in [2.45, 2.75) is 25.7 Å². The molecule has 162 valence electrons. The second-order valence-corrected chi connectivity index (χ2v) is 7.21. The van der Waals surface area contributed by atoms with Gasteiger partial charge in [0.25, 0.3) is 11.8 Å². The topological polar surface area (TPSA) is 81.0 Å². The summed E-state index contributed by atoms with van der Waals surface area (Å²) in [7, 11) is -2.73. The minimum Gasteiger partial charge on any atom is -0.330 e. The van der Waals surface area contributed by atoms with Crippen LogP contribution in [0.1, 0.15) is 31.4 Å². The molecule has 1 fully saturated rings. The molecule has 4 rings (SSSR count). The van der Waals surface area contributed by atoms with Crippen molar-refractivity contribution in [1.82, 2.24) is 9.54 Å². The van der Waals surface area contributed by atoms with E-state index < -0.39 is 25.2 Å². The van der Waals surface area contributed by atoms with E-state index in [4.69, 9.17) is 4.84 Å². The van der Waals surface area contributed by atoms with Crippen LogP contribution in [0.25, 0.3) is 17.3 Å². The summed E-state index contributed by atoms with van der Waals surface area (Å²) >= 11 is 0. The first-order valence-electron chi connectivity index (χ1n) is 10.0. The second-order valence-electron chi connectivity index (χ2n) is 7.21. The van der Waals surface area contributed by atoms with E-state index >= 15 is 0 Å². The molecule has 1 saturated heterocycles. The van der Waals surface area contributed by atoms with Crippen LogP contribution in [0.4, 0.5) is 8.63 Å². The molecule has 7 nitrogen and oxygen atoms in total. The van der Waals surface area contributed by atoms with Gasteiger partial charge >= 0.3 is 13.4 Å². The zero-order chi connectivity index (χ0) is 22.7. The standard InChI is InChI=1S/C22H18BF2N3O4/c24-23(25)27-18(9-10-19(27)15-4-2-1-3-5-15)14-17-7-6-16(26-17)8-13-22(31)32-28-20(29)11-12-21(28)30/h1-7,9-10,14H,8,11-13H2/b17-14-. The summed E-state index contributed by atoms with van der Waals surface area (Å²) in [6.45, 7) is 0. The highest BCUT2D eigenvalue weighted by Crippen LogP contribution is 2.26. The monoisotopic (exact) mass is 437 g/mol. The third kappa shape index (κ3) is 4.59. The fourth-order valence-electron chi connectivity index (χ4n) is 3.47. The van der Waals surface area contributed by atoms with Crippen LogP contribution in [0.5, 0.6) is 0 Å². The second kappa shape index (κ2) is 9.13. The lowest BCUT2D eigenvalue weighted by molar-refractivity contribution is -0.197. The number of imide groups is 1. The molecule has 32 heavy (non-hydrogen) atoms. The maximum atomic E-state index is 13.8. The molecule has 0 saturated carbocycles. The summed E-state index contributed by atoms with van der Waals surface area (Å²) in [5, 5.41) is 0.503. The predicted octanol–water partition coefficient (Wildman–Crippen LogP) is 3.67. The first-order valence-corrected chi connectivity index (χ1v) is 10.0. The van der Waals surface area contributed by atoms with Crippen LogP contribution >= 0.6 is 0 Å². The molecule has 10 heteroatoms. The van der Waals surface area contributed by atoms with Crippen LogP contribution in [0.15, 0.2) is 65.3 Å². The van der Waals surface area contributed by atoms with E-state index in [9.17, 15) is 23.0 Å². The Morgan fingerprint density at radius 3 is 2.47 bits per heavy atom. The van der Waals surface area contributed by atoms with Crippen molar-refractivity contribution in [3.63, 3.8) is 0 Å². The molecule has 0 aliphatic carbocycles. The number of allylic oxidation sites excluding steroid dienone is 2. The zero-order valence-electron chi connectivity index (χ0n) is 16.9. The normalized spacial score (nSPS) is 16.8. The summed E-state index contributed by atoms with van der Waals surface area (Å²) in [6, 6.07) is 12.1. The highest BCUT2D eigenvalue weighted by molar-refractivity contribution is 6.42.